The number of ether oxygens (including phenoxy) is 1. The molecule has 0 radical (unpaired) electrons. The van der Waals surface area contributed by atoms with E-state index in [1.165, 1.54) is 0 Å². The molecule has 0 aromatic heterocycles. The molecule has 2 nitrogen and oxygen atoms in total. The van der Waals surface area contributed by atoms with E-state index in [0.717, 1.165) is 11.3 Å². The van der Waals surface area contributed by atoms with Gasteiger partial charge in [0.1, 0.15) is 5.75 Å². The van der Waals surface area contributed by atoms with E-state index in [1.54, 1.807) is 18.2 Å². The Hall–Kier alpha value is -1.80. The van der Waals surface area contributed by atoms with Crippen LogP contribution in [-0.4, -0.2) is 12.4 Å². The molecule has 2 rings (SSSR count). The number of halogens is 1. The van der Waals surface area contributed by atoms with E-state index in [-0.39, 0.29) is 5.78 Å². The molecule has 0 N–H and O–H groups in total. The quantitative estimate of drug-likeness (QED) is 0.765. The molecular formula is C16H15ClO2. The monoisotopic (exact) mass is 274 g/mol. The number of benzene rings is 2. The van der Waals surface area contributed by atoms with Crippen LogP contribution in [0.3, 0.4) is 0 Å². The van der Waals surface area contributed by atoms with Gasteiger partial charge in [-0.05, 0) is 36.8 Å². The second-order valence-corrected chi connectivity index (χ2v) is 4.63. The van der Waals surface area contributed by atoms with Gasteiger partial charge in [-0.1, -0.05) is 35.9 Å². The van der Waals surface area contributed by atoms with Gasteiger partial charge in [0.25, 0.3) is 0 Å². The van der Waals surface area contributed by atoms with Crippen LogP contribution in [0.15, 0.2) is 48.5 Å². The van der Waals surface area contributed by atoms with Crippen LogP contribution in [-0.2, 0) is 6.42 Å². The van der Waals surface area contributed by atoms with Crippen molar-refractivity contribution in [2.45, 2.75) is 13.3 Å². The van der Waals surface area contributed by atoms with Gasteiger partial charge in [0, 0.05) is 17.0 Å². The highest BCUT2D eigenvalue weighted by molar-refractivity contribution is 6.30. The molecule has 0 saturated heterocycles. The fourth-order valence-electron chi connectivity index (χ4n) is 1.86. The summed E-state index contributed by atoms with van der Waals surface area (Å²) in [5.41, 5.74) is 1.57. The van der Waals surface area contributed by atoms with Crippen LogP contribution >= 0.6 is 11.6 Å². The van der Waals surface area contributed by atoms with Crippen molar-refractivity contribution >= 4 is 17.4 Å². The summed E-state index contributed by atoms with van der Waals surface area (Å²) in [5.74, 6) is 0.781. The van der Waals surface area contributed by atoms with Crippen LogP contribution in [0.5, 0.6) is 5.75 Å². The molecule has 0 aliphatic heterocycles. The molecular weight excluding hydrogens is 260 g/mol. The van der Waals surface area contributed by atoms with Crippen LogP contribution < -0.4 is 4.74 Å². The first-order valence-electron chi connectivity index (χ1n) is 6.19. The Morgan fingerprint density at radius 1 is 1.16 bits per heavy atom. The van der Waals surface area contributed by atoms with Crippen molar-refractivity contribution in [1.29, 1.82) is 0 Å². The van der Waals surface area contributed by atoms with E-state index in [4.69, 9.17) is 16.3 Å². The van der Waals surface area contributed by atoms with Crippen LogP contribution in [0.25, 0.3) is 0 Å². The maximum atomic E-state index is 12.2. The fraction of sp³-hybridized carbons (Fsp3) is 0.188. The third-order valence-corrected chi connectivity index (χ3v) is 2.96. The van der Waals surface area contributed by atoms with Gasteiger partial charge < -0.3 is 4.74 Å². The van der Waals surface area contributed by atoms with Gasteiger partial charge in [-0.2, -0.15) is 0 Å². The number of ketones is 1. The summed E-state index contributed by atoms with van der Waals surface area (Å²) in [7, 11) is 0. The molecule has 19 heavy (non-hydrogen) atoms. The van der Waals surface area contributed by atoms with E-state index in [0.29, 0.717) is 23.6 Å². The van der Waals surface area contributed by atoms with Gasteiger partial charge in [0.2, 0.25) is 0 Å². The highest BCUT2D eigenvalue weighted by Gasteiger charge is 2.08. The lowest BCUT2D eigenvalue weighted by Crippen LogP contribution is -2.04. The zero-order valence-electron chi connectivity index (χ0n) is 10.7. The van der Waals surface area contributed by atoms with E-state index in [9.17, 15) is 4.79 Å². The second kappa shape index (κ2) is 6.39. The molecule has 0 bridgehead atoms. The highest BCUT2D eigenvalue weighted by atomic mass is 35.5. The molecule has 0 fully saturated rings. The first-order valence-corrected chi connectivity index (χ1v) is 6.57. The predicted octanol–water partition coefficient (Wildman–Crippen LogP) is 4.16. The number of Topliss-reactive ketones (excluding diaryl/α,β-unsaturated/α-hetero) is 1. The number of rotatable bonds is 5. The summed E-state index contributed by atoms with van der Waals surface area (Å²) in [6.45, 7) is 2.51. The SMILES string of the molecule is CCOc1cccc(C(=O)Cc2cccc(Cl)c2)c1. The minimum absolute atomic E-state index is 0.0591. The summed E-state index contributed by atoms with van der Waals surface area (Å²) >= 11 is 5.91. The predicted molar refractivity (Wildman–Crippen MR) is 77.1 cm³/mol. The minimum atomic E-state index is 0.0591. The molecule has 0 unspecified atom stereocenters. The zero-order chi connectivity index (χ0) is 13.7. The van der Waals surface area contributed by atoms with E-state index < -0.39 is 0 Å². The number of hydrogen-bond acceptors (Lipinski definition) is 2. The van der Waals surface area contributed by atoms with Crippen molar-refractivity contribution < 1.29 is 9.53 Å². The lowest BCUT2D eigenvalue weighted by Gasteiger charge is -2.06. The number of hydrogen-bond donors (Lipinski definition) is 0. The summed E-state index contributed by atoms with van der Waals surface area (Å²) in [6.07, 6.45) is 0.343. The average Bonchev–Trinajstić information content (AvgIpc) is 2.39. The Morgan fingerprint density at radius 2 is 1.95 bits per heavy atom. The van der Waals surface area contributed by atoms with Crippen molar-refractivity contribution in [2.75, 3.05) is 6.61 Å². The summed E-state index contributed by atoms with van der Waals surface area (Å²) in [5, 5.41) is 0.647. The van der Waals surface area contributed by atoms with Crippen molar-refractivity contribution in [1.82, 2.24) is 0 Å². The van der Waals surface area contributed by atoms with Gasteiger partial charge in [0.15, 0.2) is 5.78 Å². The van der Waals surface area contributed by atoms with Gasteiger partial charge >= 0.3 is 0 Å². The first-order chi connectivity index (χ1) is 9.19. The summed E-state index contributed by atoms with van der Waals surface area (Å²) in [6, 6.07) is 14.6. The Kier molecular flexibility index (Phi) is 4.58. The fourth-order valence-corrected chi connectivity index (χ4v) is 2.07. The zero-order valence-corrected chi connectivity index (χ0v) is 11.5. The summed E-state index contributed by atoms with van der Waals surface area (Å²) in [4.78, 5) is 12.2. The van der Waals surface area contributed by atoms with Gasteiger partial charge in [0.05, 0.1) is 6.61 Å². The minimum Gasteiger partial charge on any atom is -0.494 e. The Balaban J connectivity index is 2.13. The van der Waals surface area contributed by atoms with Crippen LogP contribution in [0.1, 0.15) is 22.8 Å². The van der Waals surface area contributed by atoms with E-state index >= 15 is 0 Å². The van der Waals surface area contributed by atoms with Crippen molar-refractivity contribution in [3.63, 3.8) is 0 Å². The van der Waals surface area contributed by atoms with Crippen LogP contribution in [0.4, 0.5) is 0 Å². The van der Waals surface area contributed by atoms with Crippen molar-refractivity contribution in [3.05, 3.63) is 64.7 Å². The molecule has 98 valence electrons. The van der Waals surface area contributed by atoms with Gasteiger partial charge in [-0.15, -0.1) is 0 Å². The molecule has 0 heterocycles. The molecule has 0 aliphatic carbocycles. The lowest BCUT2D eigenvalue weighted by molar-refractivity contribution is 0.0992. The van der Waals surface area contributed by atoms with Gasteiger partial charge in [-0.25, -0.2) is 0 Å². The molecule has 0 spiro atoms. The van der Waals surface area contributed by atoms with Crippen LogP contribution in [0, 0.1) is 0 Å². The van der Waals surface area contributed by atoms with Crippen molar-refractivity contribution in [2.24, 2.45) is 0 Å². The summed E-state index contributed by atoms with van der Waals surface area (Å²) < 4.78 is 5.39. The largest absolute Gasteiger partial charge is 0.494 e. The lowest BCUT2D eigenvalue weighted by atomic mass is 10.0. The first kappa shape index (κ1) is 13.6. The van der Waals surface area contributed by atoms with E-state index in [2.05, 4.69) is 0 Å². The third-order valence-electron chi connectivity index (χ3n) is 2.72. The maximum absolute atomic E-state index is 12.2. The Bertz CT molecular complexity index is 578. The van der Waals surface area contributed by atoms with E-state index in [1.807, 2.05) is 37.3 Å². The molecule has 0 atom stereocenters. The topological polar surface area (TPSA) is 26.3 Å². The Labute approximate surface area is 118 Å². The normalized spacial score (nSPS) is 10.2. The standard InChI is InChI=1S/C16H15ClO2/c1-2-19-15-8-4-6-13(11-15)16(18)10-12-5-3-7-14(17)9-12/h3-9,11H,2,10H2,1H3. The smallest absolute Gasteiger partial charge is 0.167 e. The second-order valence-electron chi connectivity index (χ2n) is 4.19. The highest BCUT2D eigenvalue weighted by Crippen LogP contribution is 2.17. The average molecular weight is 275 g/mol. The van der Waals surface area contributed by atoms with Gasteiger partial charge in [-0.3, -0.25) is 4.79 Å². The number of carbonyl (C=O) groups excluding carboxylic acids is 1. The molecule has 0 saturated carbocycles. The Morgan fingerprint density at radius 3 is 2.68 bits per heavy atom. The number of carbonyl (C=O) groups is 1. The maximum Gasteiger partial charge on any atom is 0.167 e. The van der Waals surface area contributed by atoms with Crippen molar-refractivity contribution in [3.8, 4) is 5.75 Å². The van der Waals surface area contributed by atoms with Crippen LogP contribution in [0.2, 0.25) is 5.02 Å². The molecule has 2 aromatic carbocycles. The molecule has 0 amide bonds. The third kappa shape index (κ3) is 3.83. The molecule has 0 aliphatic rings. The molecule has 3 heteroatoms. The molecule has 2 aromatic rings.